The average molecular weight is 437 g/mol. The summed E-state index contributed by atoms with van der Waals surface area (Å²) in [7, 11) is 1.65. The van der Waals surface area contributed by atoms with Crippen molar-refractivity contribution in [1.29, 1.82) is 0 Å². The zero-order chi connectivity index (χ0) is 21.8. The summed E-state index contributed by atoms with van der Waals surface area (Å²) in [5, 5.41) is 0.627. The van der Waals surface area contributed by atoms with Crippen molar-refractivity contribution in [3.05, 3.63) is 82.1 Å². The number of hydrogen-bond acceptors (Lipinski definition) is 5. The minimum absolute atomic E-state index is 0.0394. The molecule has 1 saturated heterocycles. The van der Waals surface area contributed by atoms with E-state index in [0.717, 1.165) is 35.5 Å². The first-order chi connectivity index (χ1) is 15.0. The molecule has 4 rings (SSSR count). The summed E-state index contributed by atoms with van der Waals surface area (Å²) in [4.78, 5) is 23.5. The van der Waals surface area contributed by atoms with Gasteiger partial charge in [-0.1, -0.05) is 23.7 Å². The minimum Gasteiger partial charge on any atom is -0.497 e. The Balaban J connectivity index is 1.42. The zero-order valence-electron chi connectivity index (χ0n) is 17.4. The normalized spacial score (nSPS) is 14.5. The molecule has 31 heavy (non-hydrogen) atoms. The number of piperidine rings is 1. The van der Waals surface area contributed by atoms with E-state index in [1.807, 2.05) is 35.2 Å². The zero-order valence-corrected chi connectivity index (χ0v) is 18.2. The topological polar surface area (TPSA) is 81.3 Å². The Morgan fingerprint density at radius 1 is 1.10 bits per heavy atom. The summed E-state index contributed by atoms with van der Waals surface area (Å²) >= 11 is 5.93. The van der Waals surface area contributed by atoms with Crippen molar-refractivity contribution in [2.24, 2.45) is 0 Å². The van der Waals surface area contributed by atoms with Crippen LogP contribution in [0, 0.1) is 0 Å². The average Bonchev–Trinajstić information content (AvgIpc) is 2.79. The predicted octanol–water partition coefficient (Wildman–Crippen LogP) is 4.33. The molecular formula is C24H25ClN4O2. The maximum absolute atomic E-state index is 12.7. The van der Waals surface area contributed by atoms with Crippen LogP contribution in [-0.4, -0.2) is 41.0 Å². The molecule has 160 valence electrons. The molecule has 1 fully saturated rings. The lowest BCUT2D eigenvalue weighted by atomic mass is 9.92. The number of amides is 1. The third-order valence-corrected chi connectivity index (χ3v) is 5.90. The highest BCUT2D eigenvalue weighted by atomic mass is 35.5. The summed E-state index contributed by atoms with van der Waals surface area (Å²) in [5.74, 6) is 1.42. The molecule has 6 nitrogen and oxygen atoms in total. The van der Waals surface area contributed by atoms with Crippen molar-refractivity contribution in [3.63, 3.8) is 0 Å². The van der Waals surface area contributed by atoms with Crippen LogP contribution >= 0.6 is 11.6 Å². The molecule has 0 radical (unpaired) electrons. The maximum atomic E-state index is 12.7. The van der Waals surface area contributed by atoms with E-state index >= 15 is 0 Å². The summed E-state index contributed by atoms with van der Waals surface area (Å²) in [5.41, 5.74) is 9.66. The Kier molecular flexibility index (Phi) is 6.37. The van der Waals surface area contributed by atoms with E-state index in [9.17, 15) is 4.79 Å². The number of nitrogen functional groups attached to an aromatic ring is 1. The van der Waals surface area contributed by atoms with Crippen LogP contribution in [0.25, 0.3) is 0 Å². The molecule has 0 bridgehead atoms. The van der Waals surface area contributed by atoms with Crippen LogP contribution in [0.3, 0.4) is 0 Å². The monoisotopic (exact) mass is 436 g/mol. The number of likely N-dealkylation sites (tertiary alicyclic amines) is 1. The van der Waals surface area contributed by atoms with E-state index < -0.39 is 0 Å². The minimum atomic E-state index is 0.0394. The van der Waals surface area contributed by atoms with Gasteiger partial charge in [-0.25, -0.2) is 9.97 Å². The second-order valence-electron chi connectivity index (χ2n) is 7.74. The van der Waals surface area contributed by atoms with E-state index in [4.69, 9.17) is 22.1 Å². The van der Waals surface area contributed by atoms with E-state index in [-0.39, 0.29) is 11.8 Å². The first-order valence-electron chi connectivity index (χ1n) is 10.3. The van der Waals surface area contributed by atoms with E-state index in [0.29, 0.717) is 36.0 Å². The Bertz CT molecular complexity index is 1050. The molecule has 3 aromatic rings. The molecule has 1 amide bonds. The fourth-order valence-electron chi connectivity index (χ4n) is 3.95. The first-order valence-corrected chi connectivity index (χ1v) is 10.7. The van der Waals surface area contributed by atoms with E-state index in [2.05, 4.69) is 9.97 Å². The van der Waals surface area contributed by atoms with Gasteiger partial charge in [0, 0.05) is 41.7 Å². The highest BCUT2D eigenvalue weighted by molar-refractivity contribution is 6.30. The number of rotatable bonds is 5. The highest BCUT2D eigenvalue weighted by Crippen LogP contribution is 2.29. The number of carbonyl (C=O) groups is 1. The van der Waals surface area contributed by atoms with Gasteiger partial charge in [0.2, 0.25) is 5.95 Å². The van der Waals surface area contributed by atoms with Crippen LogP contribution in [0.1, 0.15) is 46.1 Å². The second kappa shape index (κ2) is 9.35. The summed E-state index contributed by atoms with van der Waals surface area (Å²) in [6, 6.07) is 17.0. The number of ether oxygens (including phenoxy) is 1. The van der Waals surface area contributed by atoms with Crippen LogP contribution in [0.4, 0.5) is 5.95 Å². The van der Waals surface area contributed by atoms with Gasteiger partial charge in [-0.2, -0.15) is 0 Å². The Morgan fingerprint density at radius 3 is 2.42 bits per heavy atom. The fourth-order valence-corrected chi connectivity index (χ4v) is 4.07. The number of aromatic nitrogens is 2. The molecule has 0 aliphatic carbocycles. The van der Waals surface area contributed by atoms with Gasteiger partial charge in [-0.15, -0.1) is 0 Å². The van der Waals surface area contributed by atoms with Gasteiger partial charge < -0.3 is 15.4 Å². The van der Waals surface area contributed by atoms with Crippen LogP contribution in [0.15, 0.2) is 54.6 Å². The van der Waals surface area contributed by atoms with Gasteiger partial charge in [0.1, 0.15) is 5.75 Å². The van der Waals surface area contributed by atoms with E-state index in [1.165, 1.54) is 0 Å². The number of nitrogens with two attached hydrogens (primary N) is 1. The number of benzene rings is 2. The summed E-state index contributed by atoms with van der Waals surface area (Å²) in [6.45, 7) is 1.37. The highest BCUT2D eigenvalue weighted by Gasteiger charge is 2.26. The molecule has 1 aromatic heterocycles. The third-order valence-electron chi connectivity index (χ3n) is 5.65. The molecule has 0 atom stereocenters. The number of nitrogens with zero attached hydrogens (tertiary/aromatic N) is 3. The number of methoxy groups -OCH3 is 1. The van der Waals surface area contributed by atoms with Gasteiger partial charge in [0.05, 0.1) is 12.8 Å². The SMILES string of the molecule is COc1ccc(Cc2cc(C3CCN(C(=O)c4ccc(Cl)cc4)CC3)nc(N)n2)cc1. The largest absolute Gasteiger partial charge is 0.497 e. The molecule has 0 unspecified atom stereocenters. The molecule has 7 heteroatoms. The molecule has 2 aromatic carbocycles. The lowest BCUT2D eigenvalue weighted by Crippen LogP contribution is -2.38. The number of hydrogen-bond donors (Lipinski definition) is 1. The smallest absolute Gasteiger partial charge is 0.253 e. The quantitative estimate of drug-likeness (QED) is 0.643. The molecule has 1 aliphatic rings. The third kappa shape index (κ3) is 5.14. The van der Waals surface area contributed by atoms with Crippen LogP contribution < -0.4 is 10.5 Å². The van der Waals surface area contributed by atoms with Crippen molar-refractivity contribution in [3.8, 4) is 5.75 Å². The maximum Gasteiger partial charge on any atom is 0.253 e. The molecule has 1 aliphatic heterocycles. The van der Waals surface area contributed by atoms with Crippen molar-refractivity contribution in [1.82, 2.24) is 14.9 Å². The lowest BCUT2D eigenvalue weighted by molar-refractivity contribution is 0.0712. The number of halogens is 1. The van der Waals surface area contributed by atoms with Crippen molar-refractivity contribution < 1.29 is 9.53 Å². The first kappa shape index (κ1) is 21.1. The second-order valence-corrected chi connectivity index (χ2v) is 8.18. The number of carbonyl (C=O) groups excluding carboxylic acids is 1. The van der Waals surface area contributed by atoms with Crippen LogP contribution in [0.2, 0.25) is 5.02 Å². The van der Waals surface area contributed by atoms with Crippen molar-refractivity contribution >= 4 is 23.5 Å². The van der Waals surface area contributed by atoms with Crippen molar-refractivity contribution in [2.75, 3.05) is 25.9 Å². The van der Waals surface area contributed by atoms with Crippen molar-refractivity contribution in [2.45, 2.75) is 25.2 Å². The molecule has 0 spiro atoms. The summed E-state index contributed by atoms with van der Waals surface area (Å²) < 4.78 is 5.22. The molecule has 2 N–H and O–H groups in total. The Morgan fingerprint density at radius 2 is 1.77 bits per heavy atom. The molecular weight excluding hydrogens is 412 g/mol. The van der Waals surface area contributed by atoms with Gasteiger partial charge in [0.15, 0.2) is 0 Å². The van der Waals surface area contributed by atoms with Gasteiger partial charge >= 0.3 is 0 Å². The molecule has 0 saturated carbocycles. The van der Waals surface area contributed by atoms with Crippen LogP contribution in [-0.2, 0) is 6.42 Å². The predicted molar refractivity (Wildman–Crippen MR) is 122 cm³/mol. The lowest BCUT2D eigenvalue weighted by Gasteiger charge is -2.32. The van der Waals surface area contributed by atoms with Gasteiger partial charge in [-0.3, -0.25) is 4.79 Å². The summed E-state index contributed by atoms with van der Waals surface area (Å²) in [6.07, 6.45) is 2.37. The van der Waals surface area contributed by atoms with Crippen LogP contribution in [0.5, 0.6) is 5.75 Å². The molecule has 2 heterocycles. The van der Waals surface area contributed by atoms with Gasteiger partial charge in [0.25, 0.3) is 5.91 Å². The standard InChI is InChI=1S/C24H25ClN4O2/c1-31-21-8-2-16(3-9-21)14-20-15-22(28-24(26)27-20)17-10-12-29(13-11-17)23(30)18-4-6-19(25)7-5-18/h2-9,15,17H,10-14H2,1H3,(H2,26,27,28). The Labute approximate surface area is 187 Å². The fraction of sp³-hybridized carbons (Fsp3) is 0.292. The van der Waals surface area contributed by atoms with E-state index in [1.54, 1.807) is 31.4 Å². The number of anilines is 1. The Hall–Kier alpha value is -3.12. The van der Waals surface area contributed by atoms with Gasteiger partial charge in [-0.05, 0) is 60.9 Å².